The first-order valence-corrected chi connectivity index (χ1v) is 7.09. The monoisotopic (exact) mass is 281 g/mol. The molecule has 2 heterocycles. The Balaban J connectivity index is 2.12. The van der Waals surface area contributed by atoms with Crippen LogP contribution in [0.15, 0.2) is 12.7 Å². The molecule has 102 valence electrons. The number of aliphatic carboxylic acids is 1. The van der Waals surface area contributed by atoms with Gasteiger partial charge in [-0.25, -0.2) is 19.7 Å². The molecule has 8 heteroatoms. The Bertz CT molecular complexity index is 559. The highest BCUT2D eigenvalue weighted by Crippen LogP contribution is 2.17. The summed E-state index contributed by atoms with van der Waals surface area (Å²) in [4.78, 5) is 26.2. The first-order chi connectivity index (χ1) is 9.22. The van der Waals surface area contributed by atoms with E-state index in [1.54, 1.807) is 11.8 Å². The maximum atomic E-state index is 11.2. The molecule has 2 aromatic rings. The fourth-order valence-electron chi connectivity index (χ4n) is 1.64. The van der Waals surface area contributed by atoms with Crippen LogP contribution in [-0.4, -0.2) is 48.6 Å². The molecule has 0 saturated heterocycles. The molecule has 0 spiro atoms. The molecule has 2 aromatic heterocycles. The summed E-state index contributed by atoms with van der Waals surface area (Å²) in [5, 5.41) is 12.1. The van der Waals surface area contributed by atoms with Crippen molar-refractivity contribution in [1.82, 2.24) is 19.9 Å². The summed E-state index contributed by atoms with van der Waals surface area (Å²) >= 11 is 1.71. The normalized spacial score (nSPS) is 12.5. The molecular weight excluding hydrogens is 266 g/mol. The fourth-order valence-corrected chi connectivity index (χ4v) is 2.33. The number of carboxylic acids is 1. The summed E-state index contributed by atoms with van der Waals surface area (Å²) in [5.74, 6) is 1.35. The lowest BCUT2D eigenvalue weighted by molar-refractivity contribution is -0.137. The van der Waals surface area contributed by atoms with Crippen molar-refractivity contribution in [1.29, 1.82) is 0 Å². The molecule has 0 radical (unpaired) electrons. The predicted molar refractivity (Wildman–Crippen MR) is 74.3 cm³/mol. The minimum absolute atomic E-state index is 0.469. The highest BCUT2D eigenvalue weighted by molar-refractivity contribution is 7.99. The summed E-state index contributed by atoms with van der Waals surface area (Å²) in [6.07, 6.45) is 3.41. The van der Waals surface area contributed by atoms with E-state index in [-0.39, 0.29) is 0 Å². The highest BCUT2D eigenvalue weighted by Gasteiger charge is 2.19. The number of rotatable bonds is 7. The minimum Gasteiger partial charge on any atom is -0.480 e. The first kappa shape index (κ1) is 13.6. The van der Waals surface area contributed by atoms with Crippen LogP contribution in [0.2, 0.25) is 0 Å². The Morgan fingerprint density at radius 2 is 2.37 bits per heavy atom. The number of carboxylic acid groups (broad SMARTS) is 1. The van der Waals surface area contributed by atoms with Gasteiger partial charge in [0.05, 0.1) is 6.33 Å². The molecule has 0 bridgehead atoms. The van der Waals surface area contributed by atoms with Crippen molar-refractivity contribution >= 4 is 34.7 Å². The molecule has 3 N–H and O–H groups in total. The van der Waals surface area contributed by atoms with Crippen LogP contribution in [0.25, 0.3) is 11.2 Å². The number of imidazole rings is 1. The van der Waals surface area contributed by atoms with Gasteiger partial charge < -0.3 is 15.4 Å². The molecule has 0 unspecified atom stereocenters. The summed E-state index contributed by atoms with van der Waals surface area (Å²) in [6, 6.07) is -0.666. The second kappa shape index (κ2) is 6.37. The third-order valence-electron chi connectivity index (χ3n) is 2.59. The van der Waals surface area contributed by atoms with Gasteiger partial charge in [-0.3, -0.25) is 0 Å². The number of fused-ring (bicyclic) bond motifs is 1. The molecule has 0 amide bonds. The third kappa shape index (κ3) is 3.34. The van der Waals surface area contributed by atoms with Gasteiger partial charge in [-0.1, -0.05) is 6.92 Å². The largest absolute Gasteiger partial charge is 0.480 e. The van der Waals surface area contributed by atoms with Gasteiger partial charge in [-0.05, 0) is 17.9 Å². The number of thioether (sulfide) groups is 1. The van der Waals surface area contributed by atoms with Crippen LogP contribution in [0.1, 0.15) is 13.3 Å². The Hall–Kier alpha value is -1.83. The smallest absolute Gasteiger partial charge is 0.326 e. The van der Waals surface area contributed by atoms with Crippen LogP contribution in [0, 0.1) is 0 Å². The number of hydrogen-bond donors (Lipinski definition) is 3. The van der Waals surface area contributed by atoms with Crippen molar-refractivity contribution in [2.45, 2.75) is 19.4 Å². The van der Waals surface area contributed by atoms with Crippen LogP contribution >= 0.6 is 11.8 Å². The average molecular weight is 281 g/mol. The molecule has 0 aromatic carbocycles. The zero-order valence-corrected chi connectivity index (χ0v) is 11.3. The molecule has 2 rings (SSSR count). The van der Waals surface area contributed by atoms with Crippen molar-refractivity contribution in [2.24, 2.45) is 0 Å². The van der Waals surface area contributed by atoms with E-state index in [9.17, 15) is 9.90 Å². The summed E-state index contributed by atoms with van der Waals surface area (Å²) in [7, 11) is 0. The van der Waals surface area contributed by atoms with Crippen molar-refractivity contribution in [2.75, 3.05) is 16.8 Å². The van der Waals surface area contributed by atoms with E-state index in [4.69, 9.17) is 0 Å². The fraction of sp³-hybridized carbons (Fsp3) is 0.455. The van der Waals surface area contributed by atoms with Crippen molar-refractivity contribution in [3.8, 4) is 0 Å². The standard InChI is InChI=1S/C11H15N5O2S/c1-2-19-4-3-7(11(17)18)16-10-8-9(13-5-12-8)14-6-15-10/h5-7H,2-4H2,1H3,(H,17,18)(H2,12,13,14,15,16)/t7-/m1/s1. The van der Waals surface area contributed by atoms with Gasteiger partial charge in [0, 0.05) is 0 Å². The van der Waals surface area contributed by atoms with Gasteiger partial charge in [-0.2, -0.15) is 11.8 Å². The maximum absolute atomic E-state index is 11.2. The van der Waals surface area contributed by atoms with Crippen LogP contribution in [-0.2, 0) is 4.79 Å². The molecule has 19 heavy (non-hydrogen) atoms. The van der Waals surface area contributed by atoms with E-state index in [1.165, 1.54) is 12.7 Å². The maximum Gasteiger partial charge on any atom is 0.326 e. The quantitative estimate of drug-likeness (QED) is 0.658. The second-order valence-corrected chi connectivity index (χ2v) is 5.24. The van der Waals surface area contributed by atoms with Gasteiger partial charge in [0.2, 0.25) is 0 Å². The van der Waals surface area contributed by atoms with Gasteiger partial charge >= 0.3 is 5.97 Å². The highest BCUT2D eigenvalue weighted by atomic mass is 32.2. The number of anilines is 1. The van der Waals surface area contributed by atoms with Gasteiger partial charge in [0.1, 0.15) is 17.9 Å². The lowest BCUT2D eigenvalue weighted by atomic mass is 10.2. The molecule has 0 aliphatic rings. The second-order valence-electron chi connectivity index (χ2n) is 3.84. The first-order valence-electron chi connectivity index (χ1n) is 5.93. The van der Waals surface area contributed by atoms with E-state index in [2.05, 4.69) is 25.3 Å². The predicted octanol–water partition coefficient (Wildman–Crippen LogP) is 1.36. The molecular formula is C11H15N5O2S. The number of aromatic nitrogens is 4. The number of H-pyrrole nitrogens is 1. The van der Waals surface area contributed by atoms with Crippen molar-refractivity contribution in [3.05, 3.63) is 12.7 Å². The van der Waals surface area contributed by atoms with Crippen LogP contribution in [0.4, 0.5) is 5.82 Å². The van der Waals surface area contributed by atoms with E-state index >= 15 is 0 Å². The number of hydrogen-bond acceptors (Lipinski definition) is 6. The van der Waals surface area contributed by atoms with Crippen LogP contribution < -0.4 is 5.32 Å². The minimum atomic E-state index is -0.886. The Labute approximate surface area is 114 Å². The molecule has 0 saturated carbocycles. The lowest BCUT2D eigenvalue weighted by Crippen LogP contribution is -2.30. The Morgan fingerprint density at radius 1 is 1.53 bits per heavy atom. The van der Waals surface area contributed by atoms with Crippen LogP contribution in [0.3, 0.4) is 0 Å². The Morgan fingerprint density at radius 3 is 3.11 bits per heavy atom. The summed E-state index contributed by atoms with van der Waals surface area (Å²) in [5.41, 5.74) is 1.14. The molecule has 0 aliphatic heterocycles. The third-order valence-corrected chi connectivity index (χ3v) is 3.52. The number of nitrogens with zero attached hydrogens (tertiary/aromatic N) is 3. The van der Waals surface area contributed by atoms with Crippen molar-refractivity contribution in [3.63, 3.8) is 0 Å². The molecule has 0 aliphatic carbocycles. The van der Waals surface area contributed by atoms with Gasteiger partial charge in [0.25, 0.3) is 0 Å². The molecule has 1 atom stereocenters. The van der Waals surface area contributed by atoms with E-state index in [0.717, 1.165) is 11.5 Å². The van der Waals surface area contributed by atoms with Crippen molar-refractivity contribution < 1.29 is 9.90 Å². The van der Waals surface area contributed by atoms with Crippen LogP contribution in [0.5, 0.6) is 0 Å². The average Bonchev–Trinajstić information content (AvgIpc) is 2.86. The van der Waals surface area contributed by atoms with E-state index in [1.807, 2.05) is 6.92 Å². The van der Waals surface area contributed by atoms with E-state index < -0.39 is 12.0 Å². The summed E-state index contributed by atoms with van der Waals surface area (Å²) in [6.45, 7) is 2.05. The lowest BCUT2D eigenvalue weighted by Gasteiger charge is -2.14. The molecule has 0 fully saturated rings. The summed E-state index contributed by atoms with van der Waals surface area (Å²) < 4.78 is 0. The van der Waals surface area contributed by atoms with E-state index in [0.29, 0.717) is 23.4 Å². The van der Waals surface area contributed by atoms with Gasteiger partial charge in [-0.15, -0.1) is 0 Å². The number of nitrogens with one attached hydrogen (secondary N) is 2. The topological polar surface area (TPSA) is 104 Å². The number of carbonyl (C=O) groups is 1. The zero-order valence-electron chi connectivity index (χ0n) is 10.5. The van der Waals surface area contributed by atoms with Gasteiger partial charge in [0.15, 0.2) is 11.5 Å². The zero-order chi connectivity index (χ0) is 13.7. The molecule has 7 nitrogen and oxygen atoms in total. The SMILES string of the molecule is CCSCC[C@@H](Nc1ncnc2nc[nH]c12)C(=O)O. The number of aromatic amines is 1. The Kier molecular flexibility index (Phi) is 4.56.